The number of rotatable bonds is 3. The molecule has 0 aliphatic rings. The van der Waals surface area contributed by atoms with Gasteiger partial charge in [-0.3, -0.25) is 0 Å². The molecular formula is C10H7FN2O2S. The SMILES string of the molecule is O=C(O)c1cnc(Nc2cccc(F)c2)s1. The Bertz CT molecular complexity index is 527. The number of thiazole rings is 1. The van der Waals surface area contributed by atoms with E-state index in [2.05, 4.69) is 10.3 Å². The van der Waals surface area contributed by atoms with Crippen molar-refractivity contribution in [3.05, 3.63) is 41.2 Å². The van der Waals surface area contributed by atoms with Crippen molar-refractivity contribution in [3.63, 3.8) is 0 Å². The van der Waals surface area contributed by atoms with E-state index in [1.54, 1.807) is 12.1 Å². The molecule has 0 fully saturated rings. The number of nitrogens with one attached hydrogen (secondary N) is 1. The van der Waals surface area contributed by atoms with Crippen LogP contribution in [0.15, 0.2) is 30.5 Å². The van der Waals surface area contributed by atoms with Gasteiger partial charge in [0.2, 0.25) is 0 Å². The zero-order valence-electron chi connectivity index (χ0n) is 7.98. The molecule has 1 aromatic carbocycles. The second-order valence-corrected chi connectivity index (χ2v) is 4.00. The summed E-state index contributed by atoms with van der Waals surface area (Å²) in [5.41, 5.74) is 0.534. The minimum Gasteiger partial charge on any atom is -0.477 e. The maximum Gasteiger partial charge on any atom is 0.347 e. The molecule has 1 heterocycles. The average molecular weight is 238 g/mol. The molecule has 0 unspecified atom stereocenters. The van der Waals surface area contributed by atoms with Crippen molar-refractivity contribution in [2.45, 2.75) is 0 Å². The summed E-state index contributed by atoms with van der Waals surface area (Å²) < 4.78 is 12.9. The van der Waals surface area contributed by atoms with E-state index >= 15 is 0 Å². The third-order valence-corrected chi connectivity index (χ3v) is 2.69. The Morgan fingerprint density at radius 2 is 2.31 bits per heavy atom. The highest BCUT2D eigenvalue weighted by atomic mass is 32.1. The molecule has 0 atom stereocenters. The Balaban J connectivity index is 2.17. The molecule has 2 aromatic rings. The topological polar surface area (TPSA) is 62.2 Å². The number of hydrogen-bond acceptors (Lipinski definition) is 4. The van der Waals surface area contributed by atoms with Gasteiger partial charge in [0, 0.05) is 5.69 Å². The molecule has 2 rings (SSSR count). The van der Waals surface area contributed by atoms with Gasteiger partial charge in [0.25, 0.3) is 0 Å². The summed E-state index contributed by atoms with van der Waals surface area (Å²) in [5, 5.41) is 11.9. The standard InChI is InChI=1S/C10H7FN2O2S/c11-6-2-1-3-7(4-6)13-10-12-5-8(16-10)9(14)15/h1-5H,(H,12,13)(H,14,15). The Hall–Kier alpha value is -1.95. The first kappa shape index (κ1) is 10.6. The van der Waals surface area contributed by atoms with Crippen molar-refractivity contribution >= 4 is 28.1 Å². The molecule has 0 saturated carbocycles. The molecule has 0 aliphatic carbocycles. The van der Waals surface area contributed by atoms with Crippen LogP contribution in [-0.4, -0.2) is 16.1 Å². The van der Waals surface area contributed by atoms with Gasteiger partial charge in [-0.1, -0.05) is 17.4 Å². The number of carboxylic acid groups (broad SMARTS) is 1. The Morgan fingerprint density at radius 1 is 1.50 bits per heavy atom. The molecule has 4 nitrogen and oxygen atoms in total. The van der Waals surface area contributed by atoms with E-state index in [0.29, 0.717) is 10.8 Å². The summed E-state index contributed by atoms with van der Waals surface area (Å²) in [5.74, 6) is -1.38. The van der Waals surface area contributed by atoms with Gasteiger partial charge in [-0.25, -0.2) is 14.2 Å². The van der Waals surface area contributed by atoms with Crippen LogP contribution in [0.4, 0.5) is 15.2 Å². The quantitative estimate of drug-likeness (QED) is 0.863. The molecular weight excluding hydrogens is 231 g/mol. The first-order chi connectivity index (χ1) is 7.65. The van der Waals surface area contributed by atoms with Gasteiger partial charge >= 0.3 is 5.97 Å². The second kappa shape index (κ2) is 4.28. The molecule has 6 heteroatoms. The molecule has 0 spiro atoms. The van der Waals surface area contributed by atoms with E-state index in [0.717, 1.165) is 11.3 Å². The van der Waals surface area contributed by atoms with E-state index in [4.69, 9.17) is 5.11 Å². The molecule has 1 aromatic heterocycles. The minimum atomic E-state index is -1.02. The molecule has 0 amide bonds. The zero-order chi connectivity index (χ0) is 11.5. The van der Waals surface area contributed by atoms with Crippen LogP contribution in [0.5, 0.6) is 0 Å². The summed E-state index contributed by atoms with van der Waals surface area (Å²) in [7, 11) is 0. The largest absolute Gasteiger partial charge is 0.477 e. The van der Waals surface area contributed by atoms with Crippen LogP contribution in [0.25, 0.3) is 0 Å². The lowest BCUT2D eigenvalue weighted by molar-refractivity contribution is 0.0702. The molecule has 0 aliphatic heterocycles. The summed E-state index contributed by atoms with van der Waals surface area (Å²) in [6, 6.07) is 5.87. The maximum atomic E-state index is 12.9. The smallest absolute Gasteiger partial charge is 0.347 e. The summed E-state index contributed by atoms with van der Waals surface area (Å²) >= 11 is 0.997. The van der Waals surface area contributed by atoms with Crippen molar-refractivity contribution in [2.75, 3.05) is 5.32 Å². The molecule has 0 bridgehead atoms. The van der Waals surface area contributed by atoms with Crippen molar-refractivity contribution in [1.82, 2.24) is 4.98 Å². The number of carboxylic acids is 1. The number of hydrogen-bond donors (Lipinski definition) is 2. The number of aromatic carboxylic acids is 1. The van der Waals surface area contributed by atoms with Crippen LogP contribution in [-0.2, 0) is 0 Å². The Labute approximate surface area is 94.4 Å². The molecule has 82 valence electrons. The van der Waals surface area contributed by atoms with Gasteiger partial charge in [-0.15, -0.1) is 0 Å². The van der Waals surface area contributed by atoms with Crippen LogP contribution in [0.1, 0.15) is 9.67 Å². The average Bonchev–Trinajstić information content (AvgIpc) is 2.66. The summed E-state index contributed by atoms with van der Waals surface area (Å²) in [6.45, 7) is 0. The van der Waals surface area contributed by atoms with Gasteiger partial charge < -0.3 is 10.4 Å². The van der Waals surface area contributed by atoms with Crippen molar-refractivity contribution < 1.29 is 14.3 Å². The Morgan fingerprint density at radius 3 is 2.94 bits per heavy atom. The number of halogens is 1. The predicted molar refractivity (Wildman–Crippen MR) is 58.8 cm³/mol. The van der Waals surface area contributed by atoms with Crippen LogP contribution < -0.4 is 5.32 Å². The van der Waals surface area contributed by atoms with Gasteiger partial charge in [-0.05, 0) is 18.2 Å². The van der Waals surface area contributed by atoms with Crippen LogP contribution >= 0.6 is 11.3 Å². The summed E-state index contributed by atoms with van der Waals surface area (Å²) in [6.07, 6.45) is 1.26. The van der Waals surface area contributed by atoms with Gasteiger partial charge in [-0.2, -0.15) is 0 Å². The zero-order valence-corrected chi connectivity index (χ0v) is 8.79. The fourth-order valence-electron chi connectivity index (χ4n) is 1.12. The van der Waals surface area contributed by atoms with Crippen molar-refractivity contribution in [3.8, 4) is 0 Å². The lowest BCUT2D eigenvalue weighted by Gasteiger charge is -2.01. The lowest BCUT2D eigenvalue weighted by Crippen LogP contribution is -1.90. The fraction of sp³-hybridized carbons (Fsp3) is 0. The van der Waals surface area contributed by atoms with Gasteiger partial charge in [0.1, 0.15) is 10.7 Å². The van der Waals surface area contributed by atoms with Crippen LogP contribution in [0.3, 0.4) is 0 Å². The van der Waals surface area contributed by atoms with Gasteiger partial charge in [0.05, 0.1) is 6.20 Å². The first-order valence-electron chi connectivity index (χ1n) is 4.37. The molecule has 2 N–H and O–H groups in total. The third-order valence-electron chi connectivity index (χ3n) is 1.79. The monoisotopic (exact) mass is 238 g/mol. The van der Waals surface area contributed by atoms with Crippen molar-refractivity contribution in [2.24, 2.45) is 0 Å². The number of benzene rings is 1. The third kappa shape index (κ3) is 2.34. The van der Waals surface area contributed by atoms with E-state index < -0.39 is 5.97 Å². The first-order valence-corrected chi connectivity index (χ1v) is 5.18. The van der Waals surface area contributed by atoms with E-state index in [9.17, 15) is 9.18 Å². The highest BCUT2D eigenvalue weighted by Crippen LogP contribution is 2.22. The highest BCUT2D eigenvalue weighted by Gasteiger charge is 2.08. The fourth-order valence-corrected chi connectivity index (χ4v) is 1.80. The number of nitrogens with zero attached hydrogens (tertiary/aromatic N) is 1. The maximum absolute atomic E-state index is 12.9. The van der Waals surface area contributed by atoms with E-state index in [1.807, 2.05) is 0 Å². The van der Waals surface area contributed by atoms with E-state index in [-0.39, 0.29) is 10.7 Å². The molecule has 16 heavy (non-hydrogen) atoms. The Kier molecular flexibility index (Phi) is 2.82. The van der Waals surface area contributed by atoms with E-state index in [1.165, 1.54) is 18.3 Å². The number of aromatic nitrogens is 1. The molecule has 0 radical (unpaired) electrons. The van der Waals surface area contributed by atoms with Gasteiger partial charge in [0.15, 0.2) is 5.13 Å². The second-order valence-electron chi connectivity index (χ2n) is 2.97. The van der Waals surface area contributed by atoms with Crippen molar-refractivity contribution in [1.29, 1.82) is 0 Å². The number of anilines is 2. The highest BCUT2D eigenvalue weighted by molar-refractivity contribution is 7.17. The minimum absolute atomic E-state index is 0.138. The lowest BCUT2D eigenvalue weighted by atomic mass is 10.3. The van der Waals surface area contributed by atoms with Crippen LogP contribution in [0, 0.1) is 5.82 Å². The predicted octanol–water partition coefficient (Wildman–Crippen LogP) is 2.72. The molecule has 0 saturated heterocycles. The summed E-state index contributed by atoms with van der Waals surface area (Å²) in [4.78, 5) is 14.6. The normalized spacial score (nSPS) is 10.1. The number of carbonyl (C=O) groups is 1. The van der Waals surface area contributed by atoms with Crippen LogP contribution in [0.2, 0.25) is 0 Å².